The fourth-order valence-electron chi connectivity index (χ4n) is 2.71. The van der Waals surface area contributed by atoms with Gasteiger partial charge in [0.05, 0.1) is 13.2 Å². The van der Waals surface area contributed by atoms with Gasteiger partial charge in [-0.05, 0) is 44.8 Å². The molecule has 2 aliphatic heterocycles. The van der Waals surface area contributed by atoms with E-state index in [9.17, 15) is 4.79 Å². The van der Waals surface area contributed by atoms with E-state index < -0.39 is 0 Å². The predicted octanol–water partition coefficient (Wildman–Crippen LogP) is 1.36. The highest BCUT2D eigenvalue weighted by molar-refractivity contribution is 5.76. The van der Waals surface area contributed by atoms with Crippen molar-refractivity contribution in [1.29, 1.82) is 0 Å². The maximum atomic E-state index is 11.9. The van der Waals surface area contributed by atoms with Crippen LogP contribution in [0.5, 0.6) is 0 Å². The molecule has 4 nitrogen and oxygen atoms in total. The van der Waals surface area contributed by atoms with Crippen LogP contribution < -0.4 is 0 Å². The molecule has 0 aromatic rings. The molecule has 2 saturated heterocycles. The number of carbonyl (C=O) groups excluding carboxylic acids is 1. The number of carbonyl (C=O) groups is 1. The summed E-state index contributed by atoms with van der Waals surface area (Å²) in [5.41, 5.74) is 0. The van der Waals surface area contributed by atoms with Gasteiger partial charge in [-0.1, -0.05) is 6.92 Å². The van der Waals surface area contributed by atoms with Gasteiger partial charge in [-0.25, -0.2) is 0 Å². The van der Waals surface area contributed by atoms with Crippen molar-refractivity contribution < 1.29 is 9.53 Å². The van der Waals surface area contributed by atoms with Gasteiger partial charge >= 0.3 is 0 Å². The molecular formula is C14H26N2O2. The highest BCUT2D eigenvalue weighted by Crippen LogP contribution is 2.16. The Labute approximate surface area is 110 Å². The molecule has 0 aromatic heterocycles. The van der Waals surface area contributed by atoms with E-state index in [0.29, 0.717) is 25.5 Å². The van der Waals surface area contributed by atoms with Crippen LogP contribution in [0.15, 0.2) is 0 Å². The molecule has 0 saturated carbocycles. The highest BCUT2D eigenvalue weighted by atomic mass is 16.5. The van der Waals surface area contributed by atoms with Gasteiger partial charge in [0.25, 0.3) is 0 Å². The molecule has 1 amide bonds. The molecule has 0 atom stereocenters. The summed E-state index contributed by atoms with van der Waals surface area (Å²) in [4.78, 5) is 16.4. The van der Waals surface area contributed by atoms with Crippen molar-refractivity contribution in [2.75, 3.05) is 45.9 Å². The van der Waals surface area contributed by atoms with Crippen molar-refractivity contribution in [2.24, 2.45) is 5.92 Å². The summed E-state index contributed by atoms with van der Waals surface area (Å²) in [5, 5.41) is 0. The van der Waals surface area contributed by atoms with E-state index in [1.807, 2.05) is 4.90 Å². The van der Waals surface area contributed by atoms with Gasteiger partial charge in [-0.3, -0.25) is 4.79 Å². The molecule has 0 spiro atoms. The van der Waals surface area contributed by atoms with Gasteiger partial charge in [0.2, 0.25) is 5.91 Å². The zero-order valence-electron chi connectivity index (χ0n) is 11.6. The van der Waals surface area contributed by atoms with Crippen molar-refractivity contribution in [3.63, 3.8) is 0 Å². The van der Waals surface area contributed by atoms with Gasteiger partial charge < -0.3 is 14.5 Å². The number of hydrogen-bond acceptors (Lipinski definition) is 3. The second-order valence-electron chi connectivity index (χ2n) is 5.62. The molecule has 104 valence electrons. The minimum absolute atomic E-state index is 0.309. The van der Waals surface area contributed by atoms with Crippen molar-refractivity contribution in [2.45, 2.75) is 32.6 Å². The molecule has 0 radical (unpaired) electrons. The van der Waals surface area contributed by atoms with Crippen LogP contribution in [0.25, 0.3) is 0 Å². The molecule has 2 aliphatic rings. The second kappa shape index (κ2) is 7.10. The third kappa shape index (κ3) is 4.25. The number of hydrogen-bond donors (Lipinski definition) is 0. The van der Waals surface area contributed by atoms with Crippen molar-refractivity contribution in [3.05, 3.63) is 0 Å². The van der Waals surface area contributed by atoms with E-state index in [-0.39, 0.29) is 0 Å². The van der Waals surface area contributed by atoms with Gasteiger partial charge in [0.1, 0.15) is 0 Å². The van der Waals surface area contributed by atoms with Crippen LogP contribution in [0.1, 0.15) is 32.6 Å². The summed E-state index contributed by atoms with van der Waals surface area (Å²) < 4.78 is 5.26. The smallest absolute Gasteiger partial charge is 0.222 e. The number of morpholine rings is 1. The molecule has 0 aliphatic carbocycles. The third-order valence-electron chi connectivity index (χ3n) is 4.11. The topological polar surface area (TPSA) is 32.8 Å². The molecule has 2 fully saturated rings. The van der Waals surface area contributed by atoms with E-state index >= 15 is 0 Å². The minimum atomic E-state index is 0.309. The average molecular weight is 254 g/mol. The number of nitrogens with zero attached hydrogens (tertiary/aromatic N) is 2. The first-order valence-electron chi connectivity index (χ1n) is 7.33. The fourth-order valence-corrected chi connectivity index (χ4v) is 2.71. The molecule has 4 heteroatoms. The quantitative estimate of drug-likeness (QED) is 0.759. The van der Waals surface area contributed by atoms with Crippen molar-refractivity contribution >= 4 is 5.91 Å². The van der Waals surface area contributed by atoms with Crippen molar-refractivity contribution in [3.8, 4) is 0 Å². The molecule has 2 rings (SSSR count). The van der Waals surface area contributed by atoms with Gasteiger partial charge in [0.15, 0.2) is 0 Å². The lowest BCUT2D eigenvalue weighted by atomic mass is 9.99. The largest absolute Gasteiger partial charge is 0.378 e. The monoisotopic (exact) mass is 254 g/mol. The predicted molar refractivity (Wildman–Crippen MR) is 71.5 cm³/mol. The average Bonchev–Trinajstić information content (AvgIpc) is 2.42. The van der Waals surface area contributed by atoms with Crippen LogP contribution in [0.2, 0.25) is 0 Å². The maximum Gasteiger partial charge on any atom is 0.222 e. The Morgan fingerprint density at radius 1 is 1.17 bits per heavy atom. The molecule has 0 N–H and O–H groups in total. The van der Waals surface area contributed by atoms with E-state index in [1.165, 1.54) is 25.9 Å². The van der Waals surface area contributed by atoms with E-state index in [1.54, 1.807) is 0 Å². The normalized spacial score (nSPS) is 23.3. The summed E-state index contributed by atoms with van der Waals surface area (Å²) in [6, 6.07) is 0. The first-order chi connectivity index (χ1) is 8.75. The summed E-state index contributed by atoms with van der Waals surface area (Å²) in [5.74, 6) is 1.19. The second-order valence-corrected chi connectivity index (χ2v) is 5.62. The number of rotatable bonds is 4. The lowest BCUT2D eigenvalue weighted by Crippen LogP contribution is -2.41. The van der Waals surface area contributed by atoms with Crippen LogP contribution in [0.4, 0.5) is 0 Å². The Hall–Kier alpha value is -0.610. The van der Waals surface area contributed by atoms with E-state index in [4.69, 9.17) is 4.74 Å². The fraction of sp³-hybridized carbons (Fsp3) is 0.929. The van der Waals surface area contributed by atoms with Gasteiger partial charge in [-0.2, -0.15) is 0 Å². The molecule has 0 bridgehead atoms. The highest BCUT2D eigenvalue weighted by Gasteiger charge is 2.18. The standard InChI is InChI=1S/C14H26N2O2/c1-13-4-7-15(8-5-13)6-2-3-14(17)16-9-11-18-12-10-16/h13H,2-12H2,1H3. The third-order valence-corrected chi connectivity index (χ3v) is 4.11. The first-order valence-corrected chi connectivity index (χ1v) is 7.33. The first kappa shape index (κ1) is 13.8. The summed E-state index contributed by atoms with van der Waals surface area (Å²) in [6.45, 7) is 8.81. The Balaban J connectivity index is 1.58. The zero-order chi connectivity index (χ0) is 12.8. The summed E-state index contributed by atoms with van der Waals surface area (Å²) >= 11 is 0. The number of amides is 1. The Bertz CT molecular complexity index is 257. The van der Waals surface area contributed by atoms with E-state index in [0.717, 1.165) is 32.0 Å². The van der Waals surface area contributed by atoms with Gasteiger partial charge in [-0.15, -0.1) is 0 Å². The van der Waals surface area contributed by atoms with Crippen LogP contribution in [0, 0.1) is 5.92 Å². The molecule has 2 heterocycles. The molecule has 18 heavy (non-hydrogen) atoms. The molecular weight excluding hydrogens is 228 g/mol. The van der Waals surface area contributed by atoms with Gasteiger partial charge in [0, 0.05) is 19.5 Å². The van der Waals surface area contributed by atoms with Crippen LogP contribution >= 0.6 is 0 Å². The SMILES string of the molecule is CC1CCN(CCCC(=O)N2CCOCC2)CC1. The Morgan fingerprint density at radius 2 is 1.83 bits per heavy atom. The molecule has 0 unspecified atom stereocenters. The van der Waals surface area contributed by atoms with E-state index in [2.05, 4.69) is 11.8 Å². The minimum Gasteiger partial charge on any atom is -0.378 e. The zero-order valence-corrected chi connectivity index (χ0v) is 11.6. The van der Waals surface area contributed by atoms with Crippen molar-refractivity contribution in [1.82, 2.24) is 9.80 Å². The lowest BCUT2D eigenvalue weighted by molar-refractivity contribution is -0.135. The number of likely N-dealkylation sites (tertiary alicyclic amines) is 1. The summed E-state index contributed by atoms with van der Waals surface area (Å²) in [6.07, 6.45) is 4.34. The maximum absolute atomic E-state index is 11.9. The number of ether oxygens (including phenoxy) is 1. The lowest BCUT2D eigenvalue weighted by Gasteiger charge is -2.30. The Kier molecular flexibility index (Phi) is 5.45. The number of piperidine rings is 1. The van der Waals surface area contributed by atoms with Crippen LogP contribution in [-0.4, -0.2) is 61.6 Å². The Morgan fingerprint density at radius 3 is 2.50 bits per heavy atom. The molecule has 0 aromatic carbocycles. The summed E-state index contributed by atoms with van der Waals surface area (Å²) in [7, 11) is 0. The van der Waals surface area contributed by atoms with Crippen LogP contribution in [0.3, 0.4) is 0 Å². The van der Waals surface area contributed by atoms with Crippen LogP contribution in [-0.2, 0) is 9.53 Å².